The number of piperidine rings is 1. The van der Waals surface area contributed by atoms with Crippen molar-refractivity contribution in [2.75, 3.05) is 18.0 Å². The summed E-state index contributed by atoms with van der Waals surface area (Å²) in [5.74, 6) is 0.439. The fourth-order valence-electron chi connectivity index (χ4n) is 4.79. The molecule has 5 rings (SSSR count). The largest absolute Gasteiger partial charge is 0.416 e. The normalized spacial score (nSPS) is 19.1. The fraction of sp³-hybridized carbons (Fsp3) is 0.360. The molecule has 2 aliphatic rings. The van der Waals surface area contributed by atoms with Gasteiger partial charge in [0, 0.05) is 31.4 Å². The number of anilines is 1. The molecule has 1 saturated heterocycles. The molecule has 1 aromatic heterocycles. The number of imidazole rings is 1. The molecule has 2 aliphatic heterocycles. The maximum Gasteiger partial charge on any atom is 0.416 e. The Bertz CT molecular complexity index is 1290. The van der Waals surface area contributed by atoms with E-state index in [1.807, 2.05) is 23.1 Å². The van der Waals surface area contributed by atoms with Gasteiger partial charge in [-0.1, -0.05) is 12.1 Å². The number of halogens is 3. The van der Waals surface area contributed by atoms with Crippen molar-refractivity contribution in [3.63, 3.8) is 0 Å². The Morgan fingerprint density at radius 1 is 1.03 bits per heavy atom. The number of H-pyrrole nitrogens is 2. The van der Waals surface area contributed by atoms with Crippen molar-refractivity contribution in [1.29, 1.82) is 0 Å². The molecule has 0 spiro atoms. The molecule has 3 heterocycles. The maximum atomic E-state index is 12.7. The van der Waals surface area contributed by atoms with Gasteiger partial charge < -0.3 is 19.8 Å². The number of aromatic amines is 2. The lowest BCUT2D eigenvalue weighted by molar-refractivity contribution is -0.137. The third-order valence-corrected chi connectivity index (χ3v) is 7.89. The summed E-state index contributed by atoms with van der Waals surface area (Å²) in [4.78, 5) is 34.0. The molecule has 184 valence electrons. The molecule has 2 N–H and O–H groups in total. The number of aromatic nitrogens is 2. The first kappa shape index (κ1) is 23.6. The van der Waals surface area contributed by atoms with Crippen LogP contribution in [0.5, 0.6) is 0 Å². The van der Waals surface area contributed by atoms with Crippen molar-refractivity contribution in [2.45, 2.75) is 37.2 Å². The summed E-state index contributed by atoms with van der Waals surface area (Å²) in [6, 6.07) is 10.9. The number of alkyl halides is 3. The zero-order chi connectivity index (χ0) is 24.6. The van der Waals surface area contributed by atoms with Crippen LogP contribution in [0, 0.1) is 5.92 Å². The number of benzene rings is 2. The van der Waals surface area contributed by atoms with Gasteiger partial charge in [-0.3, -0.25) is 4.79 Å². The van der Waals surface area contributed by atoms with Crippen LogP contribution in [0.4, 0.5) is 18.9 Å². The van der Waals surface area contributed by atoms with E-state index < -0.39 is 11.7 Å². The Labute approximate surface area is 204 Å². The van der Waals surface area contributed by atoms with E-state index in [2.05, 4.69) is 26.5 Å². The summed E-state index contributed by atoms with van der Waals surface area (Å²) in [5.41, 5.74) is 2.37. The van der Waals surface area contributed by atoms with Gasteiger partial charge in [-0.25, -0.2) is 4.79 Å². The summed E-state index contributed by atoms with van der Waals surface area (Å²) in [6.07, 6.45) is 0.182. The molecule has 35 heavy (non-hydrogen) atoms. The number of thioether (sulfide) groups is 1. The lowest BCUT2D eigenvalue weighted by atomic mass is 9.95. The highest BCUT2D eigenvalue weighted by atomic mass is 32.2. The number of likely N-dealkylation sites (tertiary alicyclic amines) is 1. The smallest absolute Gasteiger partial charge is 0.343 e. The van der Waals surface area contributed by atoms with Crippen molar-refractivity contribution in [3.8, 4) is 0 Å². The quantitative estimate of drug-likeness (QED) is 0.510. The number of hydrogen-bond acceptors (Lipinski definition) is 4. The average molecular weight is 503 g/mol. The number of hydrogen-bond donors (Lipinski definition) is 2. The lowest BCUT2D eigenvalue weighted by Crippen LogP contribution is -2.43. The highest BCUT2D eigenvalue weighted by Crippen LogP contribution is 2.39. The summed E-state index contributed by atoms with van der Waals surface area (Å²) in [6.45, 7) is 1.34. The third-order valence-electron chi connectivity index (χ3n) is 6.72. The van der Waals surface area contributed by atoms with Crippen LogP contribution in [0.15, 0.2) is 58.9 Å². The van der Waals surface area contributed by atoms with E-state index in [0.717, 1.165) is 47.3 Å². The Balaban J connectivity index is 1.15. The molecule has 6 nitrogen and oxygen atoms in total. The molecule has 1 atom stereocenters. The van der Waals surface area contributed by atoms with Crippen LogP contribution in [-0.4, -0.2) is 39.2 Å². The predicted molar refractivity (Wildman–Crippen MR) is 131 cm³/mol. The number of nitrogens with zero attached hydrogens (tertiary/aromatic N) is 2. The van der Waals surface area contributed by atoms with Gasteiger partial charge in [0.05, 0.1) is 22.0 Å². The number of amides is 1. The van der Waals surface area contributed by atoms with Crippen LogP contribution in [0.2, 0.25) is 0 Å². The Hall–Kier alpha value is -3.14. The second kappa shape index (κ2) is 9.49. The van der Waals surface area contributed by atoms with E-state index in [1.54, 1.807) is 11.8 Å². The van der Waals surface area contributed by atoms with Gasteiger partial charge in [0.25, 0.3) is 0 Å². The highest BCUT2D eigenvalue weighted by molar-refractivity contribution is 8.03. The first-order valence-electron chi connectivity index (χ1n) is 11.5. The molecule has 0 radical (unpaired) electrons. The predicted octanol–water partition coefficient (Wildman–Crippen LogP) is 5.10. The zero-order valence-corrected chi connectivity index (χ0v) is 19.7. The summed E-state index contributed by atoms with van der Waals surface area (Å²) in [7, 11) is 0. The van der Waals surface area contributed by atoms with E-state index in [0.29, 0.717) is 25.4 Å². The molecule has 0 aliphatic carbocycles. The summed E-state index contributed by atoms with van der Waals surface area (Å²) >= 11 is 1.76. The zero-order valence-electron chi connectivity index (χ0n) is 18.8. The van der Waals surface area contributed by atoms with E-state index >= 15 is 0 Å². The number of aryl methyl sites for hydroxylation is 1. The second-order valence-corrected chi connectivity index (χ2v) is 9.97. The minimum absolute atomic E-state index is 0.0410. The molecule has 10 heteroatoms. The van der Waals surface area contributed by atoms with Crippen LogP contribution >= 0.6 is 11.8 Å². The van der Waals surface area contributed by atoms with Crippen molar-refractivity contribution in [3.05, 3.63) is 75.7 Å². The van der Waals surface area contributed by atoms with E-state index in [4.69, 9.17) is 0 Å². The number of nitrogens with one attached hydrogen (secondary N) is 2. The van der Waals surface area contributed by atoms with Crippen molar-refractivity contribution in [1.82, 2.24) is 14.9 Å². The fourth-order valence-corrected chi connectivity index (χ4v) is 5.97. The minimum atomic E-state index is -4.35. The second-order valence-electron chi connectivity index (χ2n) is 8.94. The van der Waals surface area contributed by atoms with Gasteiger partial charge in [-0.2, -0.15) is 13.2 Å². The van der Waals surface area contributed by atoms with E-state index in [-0.39, 0.29) is 23.4 Å². The van der Waals surface area contributed by atoms with Crippen molar-refractivity contribution < 1.29 is 18.0 Å². The number of fused-ring (bicyclic) bond motifs is 1. The van der Waals surface area contributed by atoms with Crippen molar-refractivity contribution in [2.24, 2.45) is 5.92 Å². The molecule has 0 saturated carbocycles. The molecule has 1 fully saturated rings. The standard InChI is InChI=1S/C25H25F3N4O2S/c26-25(27,28)18-4-1-16(2-5-18)3-8-22(33)31-11-9-17(10-12-31)23-32(13-14-35-23)19-6-7-20-21(15-19)30-24(34)29-20/h1-2,4-7,13-15,17,23H,3,8-12H2,(H2,29,30,34). The Morgan fingerprint density at radius 3 is 2.46 bits per heavy atom. The summed E-state index contributed by atoms with van der Waals surface area (Å²) < 4.78 is 38.2. The average Bonchev–Trinajstić information content (AvgIpc) is 3.48. The van der Waals surface area contributed by atoms with Crippen LogP contribution < -0.4 is 10.6 Å². The van der Waals surface area contributed by atoms with Crippen LogP contribution in [0.25, 0.3) is 11.0 Å². The topological polar surface area (TPSA) is 72.2 Å². The maximum absolute atomic E-state index is 12.7. The number of carbonyl (C=O) groups excluding carboxylic acids is 1. The molecular weight excluding hydrogens is 477 g/mol. The molecular formula is C25H25F3N4O2S. The van der Waals surface area contributed by atoms with Crippen LogP contribution in [-0.2, 0) is 17.4 Å². The van der Waals surface area contributed by atoms with Gasteiger partial charge in [0.15, 0.2) is 0 Å². The van der Waals surface area contributed by atoms with Gasteiger partial charge in [0.2, 0.25) is 5.91 Å². The molecule has 2 aromatic carbocycles. The molecule has 0 bridgehead atoms. The van der Waals surface area contributed by atoms with Gasteiger partial charge >= 0.3 is 11.9 Å². The Morgan fingerprint density at radius 2 is 1.74 bits per heavy atom. The number of rotatable bonds is 5. The van der Waals surface area contributed by atoms with Crippen LogP contribution in [0.1, 0.15) is 30.4 Å². The summed E-state index contributed by atoms with van der Waals surface area (Å²) in [5, 5.41) is 2.30. The molecule has 1 amide bonds. The lowest BCUT2D eigenvalue weighted by Gasteiger charge is -2.38. The first-order chi connectivity index (χ1) is 16.8. The highest BCUT2D eigenvalue weighted by Gasteiger charge is 2.34. The molecule has 3 aromatic rings. The van der Waals surface area contributed by atoms with Crippen molar-refractivity contribution >= 4 is 34.4 Å². The van der Waals surface area contributed by atoms with E-state index in [1.165, 1.54) is 12.1 Å². The molecule has 1 unspecified atom stereocenters. The van der Waals surface area contributed by atoms with E-state index in [9.17, 15) is 22.8 Å². The third kappa shape index (κ3) is 5.12. The monoisotopic (exact) mass is 502 g/mol. The SMILES string of the molecule is O=C(CCc1ccc(C(F)(F)F)cc1)N1CCC(C2SC=CN2c2ccc3[nH]c(=O)[nH]c3c2)CC1. The van der Waals surface area contributed by atoms with Gasteiger partial charge in [0.1, 0.15) is 0 Å². The minimum Gasteiger partial charge on any atom is -0.343 e. The Kier molecular flexibility index (Phi) is 6.39. The number of carbonyl (C=O) groups is 1. The van der Waals surface area contributed by atoms with Crippen LogP contribution in [0.3, 0.4) is 0 Å². The van der Waals surface area contributed by atoms with Gasteiger partial charge in [-0.05, 0) is 66.5 Å². The van der Waals surface area contributed by atoms with Gasteiger partial charge in [-0.15, -0.1) is 11.8 Å². The first-order valence-corrected chi connectivity index (χ1v) is 12.5.